The summed E-state index contributed by atoms with van der Waals surface area (Å²) >= 11 is 1.60. The lowest BCUT2D eigenvalue weighted by molar-refractivity contribution is -0.144. The van der Waals surface area contributed by atoms with Crippen molar-refractivity contribution in [1.82, 2.24) is 41.0 Å². The number of aryl methyl sites for hydroxylation is 2. The van der Waals surface area contributed by atoms with E-state index in [2.05, 4.69) is 36.1 Å². The number of hydrogen-bond acceptors (Lipinski definition) is 9. The number of hydrogen-bond donors (Lipinski definition) is 5. The number of phenols is 1. The van der Waals surface area contributed by atoms with Crippen molar-refractivity contribution in [2.45, 2.75) is 110 Å². The molecule has 1 saturated heterocycles. The summed E-state index contributed by atoms with van der Waals surface area (Å²) in [5, 5.41) is 29.1. The number of likely N-dealkylation sites (tertiary alicyclic amines) is 1. The second kappa shape index (κ2) is 17.5. The van der Waals surface area contributed by atoms with Crippen LogP contribution in [0.1, 0.15) is 88.2 Å². The number of amides is 4. The molecule has 14 heteroatoms. The van der Waals surface area contributed by atoms with Crippen LogP contribution in [-0.2, 0) is 38.6 Å². The lowest BCUT2D eigenvalue weighted by atomic mass is 9.85. The van der Waals surface area contributed by atoms with E-state index in [-0.39, 0.29) is 48.3 Å². The van der Waals surface area contributed by atoms with Crippen molar-refractivity contribution in [3.05, 3.63) is 82.6 Å². The zero-order valence-corrected chi connectivity index (χ0v) is 34.4. The van der Waals surface area contributed by atoms with Crippen LogP contribution in [0, 0.1) is 12.3 Å². The molecule has 7 rings (SSSR count). The monoisotopic (exact) mass is 804 g/mol. The van der Waals surface area contributed by atoms with Crippen molar-refractivity contribution in [2.24, 2.45) is 5.41 Å². The molecule has 0 spiro atoms. The van der Waals surface area contributed by atoms with E-state index in [9.17, 15) is 24.3 Å². The van der Waals surface area contributed by atoms with Crippen LogP contribution in [0.25, 0.3) is 32.7 Å². The van der Waals surface area contributed by atoms with Crippen molar-refractivity contribution in [3.8, 4) is 27.4 Å². The molecule has 3 atom stereocenters. The minimum absolute atomic E-state index is 0.0375. The van der Waals surface area contributed by atoms with Gasteiger partial charge in [0.1, 0.15) is 17.8 Å². The molecule has 2 aromatic carbocycles. The first-order chi connectivity index (χ1) is 27.9. The van der Waals surface area contributed by atoms with E-state index in [0.29, 0.717) is 62.1 Å². The van der Waals surface area contributed by atoms with Gasteiger partial charge in [-0.25, -0.2) is 4.98 Å². The number of aromatic nitrogens is 4. The van der Waals surface area contributed by atoms with Gasteiger partial charge in [-0.1, -0.05) is 57.2 Å². The number of benzene rings is 2. The number of thiazole rings is 1. The van der Waals surface area contributed by atoms with Crippen molar-refractivity contribution in [3.63, 3.8) is 0 Å². The quantitative estimate of drug-likeness (QED) is 0.0881. The molecular weight excluding hydrogens is 753 g/mol. The number of rotatable bonds is 13. The smallest absolute Gasteiger partial charge is 0.246 e. The lowest BCUT2D eigenvalue weighted by Gasteiger charge is -2.35. The number of nitrogens with one attached hydrogen (secondary N) is 4. The first-order valence-corrected chi connectivity index (χ1v) is 21.1. The van der Waals surface area contributed by atoms with Crippen LogP contribution >= 0.6 is 11.3 Å². The summed E-state index contributed by atoms with van der Waals surface area (Å²) in [6, 6.07) is 15.6. The Morgan fingerprint density at radius 3 is 2.48 bits per heavy atom. The Morgan fingerprint density at radius 2 is 1.76 bits per heavy atom. The number of H-pyrrole nitrogens is 1. The molecule has 4 amide bonds. The standard InChI is InChI=1S/C44H52N8O5S/c1-26-39(58-25-46-26)28-17-15-27(16-18-28)24-45-42(56)35-11-9-21-52(35)43(57)40(44(2,3)4)49-38(55)14-8-7-13-37(54)47-29-19-20-33-31(22-29)32-23-34(50-51-41(32)48-33)30-10-5-6-12-36(30)53/h5-6,10,12,15-18,23,25,29,35,40,53H,7-9,11,13-14,19-22,24H2,1-4H3,(H,45,56)(H,47,54)(H,48,51)(H,49,55)/t29-,35-,40+/m0/s1. The Balaban J connectivity index is 0.866. The predicted octanol–water partition coefficient (Wildman–Crippen LogP) is 6.13. The zero-order valence-electron chi connectivity index (χ0n) is 33.6. The average Bonchev–Trinajstić information content (AvgIpc) is 3.96. The number of unbranched alkanes of at least 4 members (excludes halogenated alkanes) is 1. The SMILES string of the molecule is Cc1ncsc1-c1ccc(CNC(=O)[C@@H]2CCCN2C(=O)[C@@H](NC(=O)CCCCC(=O)N[C@H]2CCc3[nH]c4nnc(-c5ccccc5O)cc4c3C2)C(C)(C)C)cc1. The third kappa shape index (κ3) is 9.22. The van der Waals surface area contributed by atoms with Crippen molar-refractivity contribution in [1.29, 1.82) is 0 Å². The summed E-state index contributed by atoms with van der Waals surface area (Å²) in [7, 11) is 0. The van der Waals surface area contributed by atoms with Gasteiger partial charge in [0, 0.05) is 48.6 Å². The van der Waals surface area contributed by atoms with Crippen molar-refractivity contribution in [2.75, 3.05) is 6.54 Å². The van der Waals surface area contributed by atoms with Crippen LogP contribution in [0.2, 0.25) is 0 Å². The van der Waals surface area contributed by atoms with Crippen LogP contribution < -0.4 is 16.0 Å². The fourth-order valence-corrected chi connectivity index (χ4v) is 8.85. The normalized spacial score (nSPS) is 17.1. The van der Waals surface area contributed by atoms with Gasteiger partial charge in [-0.2, -0.15) is 0 Å². The summed E-state index contributed by atoms with van der Waals surface area (Å²) < 4.78 is 0. The van der Waals surface area contributed by atoms with E-state index in [1.54, 1.807) is 34.4 Å². The number of carbonyl (C=O) groups excluding carboxylic acids is 4. The van der Waals surface area contributed by atoms with Crippen LogP contribution in [0.5, 0.6) is 5.75 Å². The summed E-state index contributed by atoms with van der Waals surface area (Å²) in [6.45, 7) is 8.52. The van der Waals surface area contributed by atoms with Gasteiger partial charge in [0.2, 0.25) is 23.6 Å². The van der Waals surface area contributed by atoms with Gasteiger partial charge in [0.15, 0.2) is 5.65 Å². The highest BCUT2D eigenvalue weighted by Crippen LogP contribution is 2.33. The molecule has 13 nitrogen and oxygen atoms in total. The van der Waals surface area contributed by atoms with Gasteiger partial charge in [-0.3, -0.25) is 19.2 Å². The van der Waals surface area contributed by atoms with Gasteiger partial charge in [0.05, 0.1) is 21.8 Å². The summed E-state index contributed by atoms with van der Waals surface area (Å²) in [5.74, 6) is -0.633. The molecule has 0 bridgehead atoms. The molecule has 0 radical (unpaired) electrons. The highest BCUT2D eigenvalue weighted by atomic mass is 32.1. The fraction of sp³-hybridized carbons (Fsp3) is 0.432. The predicted molar refractivity (Wildman–Crippen MR) is 224 cm³/mol. The fourth-order valence-electron chi connectivity index (χ4n) is 8.04. The maximum absolute atomic E-state index is 14.0. The molecule has 1 fully saturated rings. The Hall–Kier alpha value is -5.63. The second-order valence-corrected chi connectivity index (χ2v) is 17.4. The minimum atomic E-state index is -0.805. The molecule has 1 aliphatic heterocycles. The van der Waals surface area contributed by atoms with E-state index < -0.39 is 17.5 Å². The number of phenolic OH excluding ortho intramolecular Hbond substituents is 1. The number of aromatic amines is 1. The number of carbonyl (C=O) groups is 4. The molecule has 5 aromatic rings. The molecule has 0 unspecified atom stereocenters. The molecule has 1 aliphatic carbocycles. The molecule has 58 heavy (non-hydrogen) atoms. The average molecular weight is 805 g/mol. The van der Waals surface area contributed by atoms with Crippen molar-refractivity contribution < 1.29 is 24.3 Å². The molecule has 5 N–H and O–H groups in total. The summed E-state index contributed by atoms with van der Waals surface area (Å²) in [5.41, 5.74) is 8.35. The van der Waals surface area contributed by atoms with Crippen LogP contribution in [0.15, 0.2) is 60.1 Å². The van der Waals surface area contributed by atoms with Gasteiger partial charge >= 0.3 is 0 Å². The molecule has 4 heterocycles. The van der Waals surface area contributed by atoms with Gasteiger partial charge in [-0.15, -0.1) is 21.5 Å². The second-order valence-electron chi connectivity index (χ2n) is 16.5. The van der Waals surface area contributed by atoms with E-state index >= 15 is 0 Å². The van der Waals surface area contributed by atoms with E-state index in [0.717, 1.165) is 51.2 Å². The Labute approximate surface area is 342 Å². The van der Waals surface area contributed by atoms with Crippen LogP contribution in [-0.4, -0.2) is 78.5 Å². The molecule has 0 saturated carbocycles. The topological polar surface area (TPSA) is 182 Å². The van der Waals surface area contributed by atoms with Crippen LogP contribution in [0.4, 0.5) is 0 Å². The lowest BCUT2D eigenvalue weighted by Crippen LogP contribution is -2.57. The Kier molecular flexibility index (Phi) is 12.2. The van der Waals surface area contributed by atoms with Gasteiger partial charge in [0.25, 0.3) is 0 Å². The third-order valence-corrected chi connectivity index (χ3v) is 12.2. The maximum atomic E-state index is 14.0. The number of para-hydroxylation sites is 1. The third-order valence-electron chi connectivity index (χ3n) is 11.2. The molecular formula is C44H52N8O5S. The van der Waals surface area contributed by atoms with E-state index in [4.69, 9.17) is 0 Å². The molecule has 304 valence electrons. The minimum Gasteiger partial charge on any atom is -0.507 e. The highest BCUT2D eigenvalue weighted by molar-refractivity contribution is 7.13. The summed E-state index contributed by atoms with van der Waals surface area (Å²) in [6.07, 6.45) is 4.97. The maximum Gasteiger partial charge on any atom is 0.246 e. The first kappa shape index (κ1) is 40.6. The Morgan fingerprint density at radius 1 is 1.00 bits per heavy atom. The zero-order chi connectivity index (χ0) is 41.0. The highest BCUT2D eigenvalue weighted by Gasteiger charge is 2.41. The molecule has 2 aliphatic rings. The summed E-state index contributed by atoms with van der Waals surface area (Å²) in [4.78, 5) is 64.1. The van der Waals surface area contributed by atoms with Gasteiger partial charge < -0.3 is 30.9 Å². The first-order valence-electron chi connectivity index (χ1n) is 20.2. The Bertz CT molecular complexity index is 2290. The van der Waals surface area contributed by atoms with Crippen molar-refractivity contribution >= 4 is 46.0 Å². The number of nitrogens with zero attached hydrogens (tertiary/aromatic N) is 4. The van der Waals surface area contributed by atoms with E-state index in [1.807, 2.05) is 69.6 Å². The number of aromatic hydroxyl groups is 1. The van der Waals surface area contributed by atoms with Crippen LogP contribution in [0.3, 0.4) is 0 Å². The molecule has 3 aromatic heterocycles. The largest absolute Gasteiger partial charge is 0.507 e. The van der Waals surface area contributed by atoms with Gasteiger partial charge in [-0.05, 0) is 92.2 Å². The number of fused-ring (bicyclic) bond motifs is 3. The van der Waals surface area contributed by atoms with E-state index in [1.165, 1.54) is 0 Å².